The number of hydrogen-bond donors (Lipinski definition) is 1. The quantitative estimate of drug-likeness (QED) is 0.681. The lowest BCUT2D eigenvalue weighted by Crippen LogP contribution is -2.43. The Morgan fingerprint density at radius 2 is 1.44 bits per heavy atom. The van der Waals surface area contributed by atoms with Crippen molar-refractivity contribution in [2.24, 2.45) is 0 Å². The van der Waals surface area contributed by atoms with Crippen LogP contribution in [0.2, 0.25) is 0 Å². The Labute approximate surface area is 103 Å². The van der Waals surface area contributed by atoms with Crippen LogP contribution in [0.3, 0.4) is 0 Å². The molecule has 0 amide bonds. The molecule has 0 saturated carbocycles. The number of rotatable bonds is 2. The van der Waals surface area contributed by atoms with E-state index < -0.39 is 0 Å². The van der Waals surface area contributed by atoms with Crippen molar-refractivity contribution in [3.8, 4) is 11.8 Å². The van der Waals surface area contributed by atoms with Crippen LogP contribution in [0.15, 0.2) is 0 Å². The van der Waals surface area contributed by atoms with E-state index in [0.29, 0.717) is 0 Å². The van der Waals surface area contributed by atoms with E-state index >= 15 is 0 Å². The molecule has 0 spiro atoms. The maximum atomic E-state index is 3.36. The fourth-order valence-corrected chi connectivity index (χ4v) is 2.94. The molecule has 0 unspecified atom stereocenters. The van der Waals surface area contributed by atoms with E-state index in [1.54, 1.807) is 0 Å². The van der Waals surface area contributed by atoms with Crippen molar-refractivity contribution >= 4 is 11.8 Å². The molecule has 1 N–H and O–H groups in total. The molecular weight excluding hydrogens is 218 g/mol. The highest BCUT2D eigenvalue weighted by Crippen LogP contribution is 2.07. The van der Waals surface area contributed by atoms with Crippen LogP contribution in [-0.2, 0) is 0 Å². The van der Waals surface area contributed by atoms with Gasteiger partial charge in [-0.25, -0.2) is 0 Å². The Morgan fingerprint density at radius 3 is 2.06 bits per heavy atom. The Bertz CT molecular complexity index is 223. The summed E-state index contributed by atoms with van der Waals surface area (Å²) in [4.78, 5) is 4.89. The van der Waals surface area contributed by atoms with E-state index in [9.17, 15) is 0 Å². The van der Waals surface area contributed by atoms with Crippen molar-refractivity contribution in [3.63, 3.8) is 0 Å². The molecule has 3 nitrogen and oxygen atoms in total. The van der Waals surface area contributed by atoms with E-state index in [0.717, 1.165) is 39.3 Å². The van der Waals surface area contributed by atoms with Crippen molar-refractivity contribution in [1.29, 1.82) is 0 Å². The maximum absolute atomic E-state index is 3.36. The zero-order valence-electron chi connectivity index (χ0n) is 9.87. The molecule has 16 heavy (non-hydrogen) atoms. The first-order valence-electron chi connectivity index (χ1n) is 6.14. The van der Waals surface area contributed by atoms with Crippen molar-refractivity contribution in [3.05, 3.63) is 0 Å². The minimum atomic E-state index is 0.949. The molecule has 0 radical (unpaired) electrons. The third-order valence-electron chi connectivity index (χ3n) is 3.04. The van der Waals surface area contributed by atoms with E-state index in [4.69, 9.17) is 0 Å². The topological polar surface area (TPSA) is 18.5 Å². The average Bonchev–Trinajstić information content (AvgIpc) is 2.37. The van der Waals surface area contributed by atoms with Gasteiger partial charge in [0.2, 0.25) is 0 Å². The maximum Gasteiger partial charge on any atom is 0.0602 e. The zero-order valence-corrected chi connectivity index (χ0v) is 10.7. The van der Waals surface area contributed by atoms with Gasteiger partial charge in [-0.2, -0.15) is 11.8 Å². The van der Waals surface area contributed by atoms with Gasteiger partial charge >= 0.3 is 0 Å². The first-order chi connectivity index (χ1) is 7.95. The standard InChI is InChI=1S/C12H21N3S/c1(5-14-7-3-13-4-8-14)2-6-15-9-11-16-12-10-15/h13H,3-12H2. The summed E-state index contributed by atoms with van der Waals surface area (Å²) >= 11 is 2.06. The minimum absolute atomic E-state index is 0.949. The van der Waals surface area contributed by atoms with Crippen molar-refractivity contribution < 1.29 is 0 Å². The van der Waals surface area contributed by atoms with E-state index in [-0.39, 0.29) is 0 Å². The second-order valence-corrected chi connectivity index (χ2v) is 5.49. The molecule has 2 heterocycles. The lowest BCUT2D eigenvalue weighted by Gasteiger charge is -2.25. The Kier molecular flexibility index (Phi) is 5.50. The van der Waals surface area contributed by atoms with Crippen LogP contribution in [0.4, 0.5) is 0 Å². The number of hydrogen-bond acceptors (Lipinski definition) is 4. The summed E-state index contributed by atoms with van der Waals surface area (Å²) in [5.41, 5.74) is 0. The van der Waals surface area contributed by atoms with Gasteiger partial charge in [-0.05, 0) is 0 Å². The van der Waals surface area contributed by atoms with Gasteiger partial charge < -0.3 is 5.32 Å². The van der Waals surface area contributed by atoms with Gasteiger partial charge in [0.05, 0.1) is 13.1 Å². The molecule has 90 valence electrons. The first kappa shape index (κ1) is 12.3. The summed E-state index contributed by atoms with van der Waals surface area (Å²) in [6.07, 6.45) is 0. The predicted octanol–water partition coefficient (Wildman–Crippen LogP) is -0.0562. The summed E-state index contributed by atoms with van der Waals surface area (Å²) < 4.78 is 0. The largest absolute Gasteiger partial charge is 0.314 e. The molecule has 2 rings (SSSR count). The van der Waals surface area contributed by atoms with Crippen molar-refractivity contribution in [1.82, 2.24) is 15.1 Å². The molecule has 4 heteroatoms. The highest BCUT2D eigenvalue weighted by molar-refractivity contribution is 7.99. The minimum Gasteiger partial charge on any atom is -0.314 e. The van der Waals surface area contributed by atoms with Gasteiger partial charge in [0, 0.05) is 50.8 Å². The van der Waals surface area contributed by atoms with Crippen LogP contribution in [-0.4, -0.2) is 73.7 Å². The van der Waals surface area contributed by atoms with Gasteiger partial charge in [0.1, 0.15) is 0 Å². The lowest BCUT2D eigenvalue weighted by atomic mass is 10.3. The molecule has 0 aromatic heterocycles. The molecule has 2 aliphatic rings. The second-order valence-electron chi connectivity index (χ2n) is 4.27. The first-order valence-corrected chi connectivity index (χ1v) is 7.29. The summed E-state index contributed by atoms with van der Waals surface area (Å²) in [5.74, 6) is 9.16. The van der Waals surface area contributed by atoms with Gasteiger partial charge in [-0.1, -0.05) is 11.8 Å². The number of piperazine rings is 1. The average molecular weight is 239 g/mol. The SMILES string of the molecule is C(#CCN1CCSCC1)CN1CCNCC1. The summed E-state index contributed by atoms with van der Waals surface area (Å²) in [6, 6.07) is 0. The number of thioether (sulfide) groups is 1. The molecule has 0 aromatic rings. The zero-order chi connectivity index (χ0) is 11.1. The van der Waals surface area contributed by atoms with Crippen LogP contribution in [0.25, 0.3) is 0 Å². The second kappa shape index (κ2) is 7.18. The Hall–Kier alpha value is -0.210. The fourth-order valence-electron chi connectivity index (χ4n) is 1.96. The van der Waals surface area contributed by atoms with Gasteiger partial charge in [-0.3, -0.25) is 9.80 Å². The number of nitrogens with zero attached hydrogens (tertiary/aromatic N) is 2. The van der Waals surface area contributed by atoms with Crippen LogP contribution in [0.5, 0.6) is 0 Å². The Morgan fingerprint density at radius 1 is 0.875 bits per heavy atom. The van der Waals surface area contributed by atoms with Gasteiger partial charge in [0.15, 0.2) is 0 Å². The molecule has 0 aromatic carbocycles. The number of nitrogens with one attached hydrogen (secondary N) is 1. The molecule has 2 fully saturated rings. The third-order valence-corrected chi connectivity index (χ3v) is 3.99. The molecule has 0 aliphatic carbocycles. The molecule has 2 aliphatic heterocycles. The van der Waals surface area contributed by atoms with E-state index in [1.807, 2.05) is 0 Å². The van der Waals surface area contributed by atoms with Crippen molar-refractivity contribution in [2.45, 2.75) is 0 Å². The molecule has 0 atom stereocenters. The van der Waals surface area contributed by atoms with Crippen molar-refractivity contribution in [2.75, 3.05) is 63.9 Å². The summed E-state index contributed by atoms with van der Waals surface area (Å²) in [7, 11) is 0. The third kappa shape index (κ3) is 4.34. The molecule has 2 saturated heterocycles. The fraction of sp³-hybridized carbons (Fsp3) is 0.833. The smallest absolute Gasteiger partial charge is 0.0602 e. The highest BCUT2D eigenvalue weighted by atomic mass is 32.2. The molecular formula is C12H21N3S. The van der Waals surface area contributed by atoms with Gasteiger partial charge in [0.25, 0.3) is 0 Å². The summed E-state index contributed by atoms with van der Waals surface area (Å²) in [6.45, 7) is 8.87. The molecule has 0 bridgehead atoms. The van der Waals surface area contributed by atoms with Crippen LogP contribution >= 0.6 is 11.8 Å². The Balaban J connectivity index is 1.61. The highest BCUT2D eigenvalue weighted by Gasteiger charge is 2.08. The van der Waals surface area contributed by atoms with Crippen LogP contribution in [0.1, 0.15) is 0 Å². The predicted molar refractivity (Wildman–Crippen MR) is 70.9 cm³/mol. The van der Waals surface area contributed by atoms with E-state index in [2.05, 4.69) is 38.7 Å². The van der Waals surface area contributed by atoms with Crippen LogP contribution < -0.4 is 5.32 Å². The van der Waals surface area contributed by atoms with Gasteiger partial charge in [-0.15, -0.1) is 0 Å². The monoisotopic (exact) mass is 239 g/mol. The summed E-state index contributed by atoms with van der Waals surface area (Å²) in [5, 5.41) is 3.36. The van der Waals surface area contributed by atoms with Crippen LogP contribution in [0, 0.1) is 11.8 Å². The lowest BCUT2D eigenvalue weighted by molar-refractivity contribution is 0.268. The normalized spacial score (nSPS) is 23.8. The van der Waals surface area contributed by atoms with E-state index in [1.165, 1.54) is 24.6 Å².